The fourth-order valence-electron chi connectivity index (χ4n) is 3.41. The topological polar surface area (TPSA) is 122 Å². The number of nitrogens with two attached hydrogens (primary N) is 1. The van der Waals surface area contributed by atoms with Gasteiger partial charge in [-0.3, -0.25) is 4.79 Å². The van der Waals surface area contributed by atoms with E-state index in [4.69, 9.17) is 77.4 Å². The van der Waals surface area contributed by atoms with Crippen LogP contribution in [0.1, 0.15) is 21.5 Å². The molecule has 0 amide bonds. The van der Waals surface area contributed by atoms with Crippen molar-refractivity contribution in [3.05, 3.63) is 52.3 Å². The average Bonchev–Trinajstić information content (AvgIpc) is 3.04. The highest BCUT2D eigenvalue weighted by Gasteiger charge is 2.51. The van der Waals surface area contributed by atoms with Gasteiger partial charge in [-0.05, 0) is 17.7 Å². The zero-order valence-corrected chi connectivity index (χ0v) is 19.9. The zero-order chi connectivity index (χ0) is 28.2. The molecule has 168 valence electrons. The highest BCUT2D eigenvalue weighted by molar-refractivity contribution is 7.90. The molecule has 2 N–H and O–H groups in total. The summed E-state index contributed by atoms with van der Waals surface area (Å²) in [6, 6.07) is 2.70. The van der Waals surface area contributed by atoms with Crippen LogP contribution in [0.4, 0.5) is 4.39 Å². The summed E-state index contributed by atoms with van der Waals surface area (Å²) in [5, 5.41) is 0. The lowest BCUT2D eigenvalue weighted by Gasteiger charge is -2.33. The van der Waals surface area contributed by atoms with Crippen LogP contribution in [0.15, 0.2) is 29.8 Å². The number of ketones is 1. The standard InChI is InChI=1S/C19H8B8FNO7S/c1-34-17(31)6-3-2-5(4-7(6)28)18(25)15(30)14(16(29)35-18)36-37(32,33)19(26,27)8-9(20)11(22)13(24)12(23)10(8)21/h2-4H,29H2,1H3/t18-/m0/s1. The van der Waals surface area contributed by atoms with E-state index in [-0.39, 0.29) is 22.0 Å². The highest BCUT2D eigenvalue weighted by atomic mass is 32.2. The van der Waals surface area contributed by atoms with E-state index < -0.39 is 71.4 Å². The summed E-state index contributed by atoms with van der Waals surface area (Å²) in [6.45, 7) is 0. The Morgan fingerprint density at radius 1 is 1.05 bits per heavy atom. The van der Waals surface area contributed by atoms with Crippen LogP contribution in [0.25, 0.3) is 0 Å². The second-order valence-electron chi connectivity index (χ2n) is 7.82. The van der Waals surface area contributed by atoms with Gasteiger partial charge < -0.3 is 19.4 Å². The van der Waals surface area contributed by atoms with Crippen molar-refractivity contribution in [2.24, 2.45) is 5.73 Å². The number of methoxy groups -OCH3 is 1. The van der Waals surface area contributed by atoms with E-state index in [1.807, 2.05) is 0 Å². The van der Waals surface area contributed by atoms with Gasteiger partial charge in [0.1, 0.15) is 52.9 Å². The first-order valence-corrected chi connectivity index (χ1v) is 11.3. The molecule has 1 aliphatic rings. The Kier molecular flexibility index (Phi) is 7.33. The molecule has 2 aromatic rings. The van der Waals surface area contributed by atoms with Crippen LogP contribution in [-0.4, -0.2) is 90.1 Å². The predicted octanol–water partition coefficient (Wildman–Crippen LogP) is -5.88. The smallest absolute Gasteiger partial charge is 0.340 e. The SMILES string of the molecule is [B]c1c([B])c([B])c(C([B])([B])S(=O)(=O)OC2=C(N)O[C@@]([B])(c3ccc(C(=O)OC)c(F)c3)C2=O)c([B])c1[B]. The summed E-state index contributed by atoms with van der Waals surface area (Å²) in [5.74, 6) is -5.56. The van der Waals surface area contributed by atoms with Crippen molar-refractivity contribution in [1.29, 1.82) is 0 Å². The number of halogens is 1. The van der Waals surface area contributed by atoms with Crippen molar-refractivity contribution in [2.45, 2.75) is 10.0 Å². The van der Waals surface area contributed by atoms with Gasteiger partial charge in [-0.2, -0.15) is 8.42 Å². The molecule has 0 spiro atoms. The van der Waals surface area contributed by atoms with E-state index >= 15 is 0 Å². The van der Waals surface area contributed by atoms with Crippen molar-refractivity contribution in [3.63, 3.8) is 0 Å². The first-order valence-electron chi connectivity index (χ1n) is 9.86. The third kappa shape index (κ3) is 4.43. The van der Waals surface area contributed by atoms with Gasteiger partial charge in [-0.25, -0.2) is 9.18 Å². The molecule has 8 nitrogen and oxygen atoms in total. The third-order valence-corrected chi connectivity index (χ3v) is 6.96. The minimum atomic E-state index is -5.30. The number of hydrogen-bond donors (Lipinski definition) is 1. The lowest BCUT2D eigenvalue weighted by Crippen LogP contribution is -2.60. The molecule has 16 radical (unpaired) electrons. The van der Waals surface area contributed by atoms with Gasteiger partial charge in [0.15, 0.2) is 5.50 Å². The molecule has 37 heavy (non-hydrogen) atoms. The van der Waals surface area contributed by atoms with Gasteiger partial charge in [-0.1, -0.05) is 11.6 Å². The molecule has 3 rings (SSSR count). The van der Waals surface area contributed by atoms with Crippen molar-refractivity contribution in [2.75, 3.05) is 7.11 Å². The maximum Gasteiger partial charge on any atom is 0.340 e. The first-order chi connectivity index (χ1) is 16.9. The van der Waals surface area contributed by atoms with Gasteiger partial charge >= 0.3 is 16.1 Å². The van der Waals surface area contributed by atoms with E-state index in [0.29, 0.717) is 6.07 Å². The normalized spacial score (nSPS) is 17.9. The minimum Gasteiger partial charge on any atom is -0.467 e. The molecule has 0 unspecified atom stereocenters. The number of carbonyl (C=O) groups excluding carboxylic acids is 2. The summed E-state index contributed by atoms with van der Waals surface area (Å²) in [6.07, 6.45) is 0. The second-order valence-corrected chi connectivity index (χ2v) is 9.57. The van der Waals surface area contributed by atoms with Crippen LogP contribution >= 0.6 is 0 Å². The van der Waals surface area contributed by atoms with Gasteiger partial charge in [0.05, 0.1) is 32.9 Å². The Hall–Kier alpha value is -2.88. The molecule has 0 bridgehead atoms. The van der Waals surface area contributed by atoms with Crippen LogP contribution in [0.5, 0.6) is 0 Å². The Balaban J connectivity index is 2.02. The Labute approximate surface area is 223 Å². The highest BCUT2D eigenvalue weighted by Crippen LogP contribution is 2.38. The van der Waals surface area contributed by atoms with Crippen LogP contribution < -0.4 is 33.0 Å². The number of benzene rings is 2. The van der Waals surface area contributed by atoms with E-state index in [2.05, 4.69) is 4.74 Å². The zero-order valence-electron chi connectivity index (χ0n) is 19.1. The molecule has 0 aliphatic carbocycles. The number of carbonyl (C=O) groups is 2. The Morgan fingerprint density at radius 3 is 2.05 bits per heavy atom. The van der Waals surface area contributed by atoms with Gasteiger partial charge in [-0.15, -0.1) is 27.3 Å². The van der Waals surface area contributed by atoms with Crippen LogP contribution in [0.2, 0.25) is 0 Å². The van der Waals surface area contributed by atoms with E-state index in [1.165, 1.54) is 0 Å². The molecule has 0 fully saturated rings. The fraction of sp³-hybridized carbons (Fsp3) is 0.158. The number of hydrogen-bond acceptors (Lipinski definition) is 8. The molecule has 1 aliphatic heterocycles. The number of esters is 1. The average molecular weight is 500 g/mol. The van der Waals surface area contributed by atoms with Crippen molar-refractivity contribution < 1.29 is 36.1 Å². The maximum atomic E-state index is 14.4. The third-order valence-electron chi connectivity index (χ3n) is 5.54. The second kappa shape index (κ2) is 9.45. The fourth-order valence-corrected chi connectivity index (χ4v) is 4.40. The molecule has 0 saturated heterocycles. The summed E-state index contributed by atoms with van der Waals surface area (Å²) >= 11 is 0. The maximum absolute atomic E-state index is 14.4. The van der Waals surface area contributed by atoms with Gasteiger partial charge in [0, 0.05) is 0 Å². The molecule has 0 aromatic heterocycles. The van der Waals surface area contributed by atoms with Crippen LogP contribution in [-0.2, 0) is 38.6 Å². The van der Waals surface area contributed by atoms with E-state index in [0.717, 1.165) is 19.2 Å². The Morgan fingerprint density at radius 2 is 1.57 bits per heavy atom. The van der Waals surface area contributed by atoms with Crippen molar-refractivity contribution in [1.82, 2.24) is 0 Å². The van der Waals surface area contributed by atoms with E-state index in [9.17, 15) is 22.4 Å². The molecule has 1 atom stereocenters. The van der Waals surface area contributed by atoms with Crippen molar-refractivity contribution in [3.8, 4) is 0 Å². The number of Topliss-reactive ketones (excluding diaryl/α,β-unsaturated/α-hetero) is 1. The Bertz CT molecular complexity index is 1470. The van der Waals surface area contributed by atoms with Crippen LogP contribution in [0.3, 0.4) is 0 Å². The molecule has 1 heterocycles. The van der Waals surface area contributed by atoms with E-state index in [1.54, 1.807) is 0 Å². The lowest BCUT2D eigenvalue weighted by atomic mass is 9.53. The number of rotatable bonds is 6. The monoisotopic (exact) mass is 501 g/mol. The van der Waals surface area contributed by atoms with Crippen LogP contribution in [0, 0.1) is 5.82 Å². The lowest BCUT2D eigenvalue weighted by molar-refractivity contribution is -0.126. The molecule has 18 heteroatoms. The molecule has 0 saturated carbocycles. The first kappa shape index (κ1) is 28.7. The van der Waals surface area contributed by atoms with Gasteiger partial charge in [0.25, 0.3) is 0 Å². The quantitative estimate of drug-likeness (QED) is 0.237. The summed E-state index contributed by atoms with van der Waals surface area (Å²) in [5.41, 5.74) is -0.461. The molecule has 2 aromatic carbocycles. The molecular weight excluding hydrogens is 492 g/mol. The summed E-state index contributed by atoms with van der Waals surface area (Å²) in [7, 11) is 42.2. The van der Waals surface area contributed by atoms with Gasteiger partial charge in [0.2, 0.25) is 17.4 Å². The molecular formula is C19H8B8FNO7S. The van der Waals surface area contributed by atoms with Crippen molar-refractivity contribution >= 4 is 112 Å². The minimum absolute atomic E-state index is 0.252. The largest absolute Gasteiger partial charge is 0.467 e. The number of ether oxygens (including phenoxy) is 2. The summed E-state index contributed by atoms with van der Waals surface area (Å²) < 4.78 is 52.0. The predicted molar refractivity (Wildman–Crippen MR) is 139 cm³/mol. The summed E-state index contributed by atoms with van der Waals surface area (Å²) in [4.78, 5) is 24.7.